The number of nitroso groups, excluding NO2 is 1. The highest BCUT2D eigenvalue weighted by molar-refractivity contribution is 7.22. The van der Waals surface area contributed by atoms with Gasteiger partial charge in [-0.3, -0.25) is 14.2 Å². The lowest BCUT2D eigenvalue weighted by atomic mass is 10.1. The molecule has 9 nitrogen and oxygen atoms in total. The maximum absolute atomic E-state index is 13.9. The molecule has 10 heteroatoms. The van der Waals surface area contributed by atoms with E-state index in [2.05, 4.69) is 32.4 Å². The van der Waals surface area contributed by atoms with Crippen LogP contribution in [0.2, 0.25) is 0 Å². The number of hydrogen-bond donors (Lipinski definition) is 0. The summed E-state index contributed by atoms with van der Waals surface area (Å²) in [4.78, 5) is 45.9. The quantitative estimate of drug-likeness (QED) is 0.0680. The van der Waals surface area contributed by atoms with Crippen LogP contribution in [0, 0.1) is 4.91 Å². The fraction of sp³-hybridized carbons (Fsp3) is 0.375. The second-order valence-electron chi connectivity index (χ2n) is 9.82. The topological polar surface area (TPSA) is 112 Å². The van der Waals surface area contributed by atoms with Gasteiger partial charge < -0.3 is 9.57 Å². The average Bonchev–Trinajstić information content (AvgIpc) is 3.00. The van der Waals surface area contributed by atoms with E-state index < -0.39 is 5.91 Å². The van der Waals surface area contributed by atoms with Crippen molar-refractivity contribution >= 4 is 34.0 Å². The van der Waals surface area contributed by atoms with Crippen molar-refractivity contribution in [3.05, 3.63) is 103 Å². The summed E-state index contributed by atoms with van der Waals surface area (Å²) in [6.45, 7) is 6.11. The zero-order valence-electron chi connectivity index (χ0n) is 24.1. The second-order valence-corrected chi connectivity index (χ2v) is 10.5. The van der Waals surface area contributed by atoms with Crippen molar-refractivity contribution in [3.63, 3.8) is 0 Å². The number of unbranched alkanes of at least 4 members (excludes halogenated alkanes) is 2. The summed E-state index contributed by atoms with van der Waals surface area (Å²) in [6.07, 6.45) is 16.2. The number of rotatable bonds is 16. The number of carbonyl (C=O) groups excluding carboxylic acids is 1. The summed E-state index contributed by atoms with van der Waals surface area (Å²) in [5.74, 6) is 0.554. The molecule has 42 heavy (non-hydrogen) atoms. The molecule has 3 rings (SSSR count). The van der Waals surface area contributed by atoms with Gasteiger partial charge in [0.25, 0.3) is 11.5 Å². The summed E-state index contributed by atoms with van der Waals surface area (Å²) >= 11 is 0. The number of ether oxygens (including phenoxy) is 1. The summed E-state index contributed by atoms with van der Waals surface area (Å²) in [6, 6.07) is 9.72. The fourth-order valence-corrected chi connectivity index (χ4v) is 4.86. The standard InChI is InChI=1S/C32H39N4O5P/c1-3-11-28-29(15-8-7-14-26(41-33-2)23-40-22-24-12-5-4-6-13-24)34-30(16-9-10-17-31(37)35-39)36(32(28)38)25-18-20-27(42)21-19-25/h4-6,11-15,18,20-21,25H,2-3,7-10,16-17,19,22-23,42H2,1H3/b26-14-,28-11+,29-15+. The third kappa shape index (κ3) is 10.2. The number of hydrogen-bond acceptors (Lipinski definition) is 7. The summed E-state index contributed by atoms with van der Waals surface area (Å²) in [5.41, 5.74) is 0.979. The van der Waals surface area contributed by atoms with Gasteiger partial charge in [0.2, 0.25) is 0 Å². The Balaban J connectivity index is 1.84. The summed E-state index contributed by atoms with van der Waals surface area (Å²) in [5, 5.41) is 8.31. The van der Waals surface area contributed by atoms with Crippen molar-refractivity contribution in [2.75, 3.05) is 6.61 Å². The van der Waals surface area contributed by atoms with E-state index in [9.17, 15) is 14.5 Å². The third-order valence-electron chi connectivity index (χ3n) is 6.66. The van der Waals surface area contributed by atoms with Gasteiger partial charge in [0.05, 0.1) is 23.2 Å². The van der Waals surface area contributed by atoms with Crippen molar-refractivity contribution in [1.82, 2.24) is 9.55 Å². The number of aromatic nitrogens is 2. The van der Waals surface area contributed by atoms with Crippen molar-refractivity contribution in [2.45, 2.75) is 70.9 Å². The molecule has 2 unspecified atom stereocenters. The maximum Gasteiger partial charge on any atom is 0.286 e. The molecule has 0 aliphatic heterocycles. The first-order chi connectivity index (χ1) is 20.5. The molecule has 0 radical (unpaired) electrons. The van der Waals surface area contributed by atoms with E-state index in [0.29, 0.717) is 73.7 Å². The van der Waals surface area contributed by atoms with E-state index in [4.69, 9.17) is 14.6 Å². The molecule has 1 aliphatic carbocycles. The number of carbonyl (C=O) groups is 1. The van der Waals surface area contributed by atoms with Crippen molar-refractivity contribution < 1.29 is 14.4 Å². The lowest BCUT2D eigenvalue weighted by Crippen LogP contribution is -2.49. The third-order valence-corrected chi connectivity index (χ3v) is 7.08. The minimum absolute atomic E-state index is 0.0845. The van der Waals surface area contributed by atoms with E-state index in [-0.39, 0.29) is 24.6 Å². The molecule has 1 aliphatic rings. The normalized spacial score (nSPS) is 15.9. The van der Waals surface area contributed by atoms with Gasteiger partial charge in [-0.25, -0.2) is 4.98 Å². The minimum atomic E-state index is -0.663. The second kappa shape index (κ2) is 17.9. The Morgan fingerprint density at radius 1 is 1.21 bits per heavy atom. The Hall–Kier alpha value is -3.81. The number of benzene rings is 1. The predicted molar refractivity (Wildman–Crippen MR) is 170 cm³/mol. The highest BCUT2D eigenvalue weighted by Gasteiger charge is 2.17. The molecule has 0 fully saturated rings. The highest BCUT2D eigenvalue weighted by atomic mass is 31.0. The number of allylic oxidation sites excluding steroid dienone is 5. The molecule has 0 saturated carbocycles. The average molecular weight is 591 g/mol. The van der Waals surface area contributed by atoms with Gasteiger partial charge in [0, 0.05) is 24.7 Å². The molecule has 222 valence electrons. The van der Waals surface area contributed by atoms with E-state index in [1.807, 2.05) is 67.6 Å². The zero-order valence-corrected chi connectivity index (χ0v) is 25.3. The molecular formula is C32H39N4O5P. The minimum Gasteiger partial charge on any atom is -0.369 e. The smallest absolute Gasteiger partial charge is 0.286 e. The van der Waals surface area contributed by atoms with Crippen LogP contribution in [-0.4, -0.2) is 28.8 Å². The lowest BCUT2D eigenvalue weighted by Gasteiger charge is -2.21. The molecule has 0 saturated heterocycles. The van der Waals surface area contributed by atoms with E-state index >= 15 is 0 Å². The first kappa shape index (κ1) is 32.7. The van der Waals surface area contributed by atoms with Crippen LogP contribution in [0.25, 0.3) is 12.2 Å². The molecule has 2 atom stereocenters. The van der Waals surface area contributed by atoms with Crippen molar-refractivity contribution in [2.24, 2.45) is 10.3 Å². The van der Waals surface area contributed by atoms with Crippen LogP contribution in [0.1, 0.15) is 69.3 Å². The Morgan fingerprint density at radius 2 is 2.02 bits per heavy atom. The maximum atomic E-state index is 13.9. The first-order valence-electron chi connectivity index (χ1n) is 14.2. The predicted octanol–water partition coefficient (Wildman–Crippen LogP) is 4.99. The number of aryl methyl sites for hydroxylation is 1. The number of oxime groups is 1. The van der Waals surface area contributed by atoms with Gasteiger partial charge in [-0.2, -0.15) is 0 Å². The molecule has 1 aromatic heterocycles. The molecule has 0 spiro atoms. The van der Waals surface area contributed by atoms with Crippen LogP contribution >= 0.6 is 9.24 Å². The van der Waals surface area contributed by atoms with Gasteiger partial charge in [0.1, 0.15) is 12.4 Å². The van der Waals surface area contributed by atoms with Gasteiger partial charge in [-0.15, -0.1) is 14.1 Å². The monoisotopic (exact) mass is 590 g/mol. The van der Waals surface area contributed by atoms with Crippen LogP contribution in [0.3, 0.4) is 0 Å². The van der Waals surface area contributed by atoms with Crippen LogP contribution in [0.5, 0.6) is 0 Å². The Bertz CT molecular complexity index is 1500. The summed E-state index contributed by atoms with van der Waals surface area (Å²) < 4.78 is 7.54. The Kier molecular flexibility index (Phi) is 13.9. The lowest BCUT2D eigenvalue weighted by molar-refractivity contribution is -0.118. The largest absolute Gasteiger partial charge is 0.369 e. The summed E-state index contributed by atoms with van der Waals surface area (Å²) in [7, 11) is 2.68. The van der Waals surface area contributed by atoms with Gasteiger partial charge in [-0.05, 0) is 55.5 Å². The SMILES string of the molecule is C=NO/C(=C\CC/C=c1/nc(CCCCC(=O)N=O)n(C2C=CC(P)=CC2)c(=O)/c1=C/CC)COCc1ccccc1. The molecule has 1 amide bonds. The van der Waals surface area contributed by atoms with Crippen LogP contribution in [-0.2, 0) is 27.4 Å². The molecule has 1 aromatic carbocycles. The molecule has 0 bridgehead atoms. The number of nitrogens with zero attached hydrogens (tertiary/aromatic N) is 4. The van der Waals surface area contributed by atoms with Gasteiger partial charge in [-0.1, -0.05) is 72.8 Å². The molecule has 2 aromatic rings. The first-order valence-corrected chi connectivity index (χ1v) is 14.8. The molecular weight excluding hydrogens is 551 g/mol. The van der Waals surface area contributed by atoms with E-state index in [1.165, 1.54) is 0 Å². The zero-order chi connectivity index (χ0) is 30.2. The van der Waals surface area contributed by atoms with E-state index in [0.717, 1.165) is 10.9 Å². The van der Waals surface area contributed by atoms with Crippen LogP contribution in [0.15, 0.2) is 80.8 Å². The Morgan fingerprint density at radius 3 is 2.71 bits per heavy atom. The van der Waals surface area contributed by atoms with E-state index in [1.54, 1.807) is 4.57 Å². The van der Waals surface area contributed by atoms with Crippen LogP contribution in [0.4, 0.5) is 0 Å². The Labute approximate surface area is 248 Å². The van der Waals surface area contributed by atoms with Gasteiger partial charge >= 0.3 is 0 Å². The van der Waals surface area contributed by atoms with Crippen molar-refractivity contribution in [1.29, 1.82) is 0 Å². The van der Waals surface area contributed by atoms with Crippen molar-refractivity contribution in [3.8, 4) is 0 Å². The fourth-order valence-electron chi connectivity index (χ4n) is 4.62. The number of amides is 1. The van der Waals surface area contributed by atoms with Gasteiger partial charge in [0.15, 0.2) is 5.76 Å². The van der Waals surface area contributed by atoms with Crippen LogP contribution < -0.4 is 16.1 Å². The molecule has 0 N–H and O–H groups in total. The highest BCUT2D eigenvalue weighted by Crippen LogP contribution is 2.24. The molecule has 1 heterocycles.